The fraction of sp³-hybridized carbons (Fsp3) is 0.677. The van der Waals surface area contributed by atoms with Gasteiger partial charge in [-0.1, -0.05) is 64.2 Å². The number of aryl methyl sites for hydroxylation is 2. The van der Waals surface area contributed by atoms with Crippen molar-refractivity contribution in [3.63, 3.8) is 0 Å². The maximum absolute atomic E-state index is 14.3. The number of unbranched alkanes of at least 4 members (excludes halogenated alkanes) is 5. The second-order valence-corrected chi connectivity index (χ2v) is 11.5. The second-order valence-electron chi connectivity index (χ2n) is 11.5. The summed E-state index contributed by atoms with van der Waals surface area (Å²) in [6.45, 7) is 14.1. The third kappa shape index (κ3) is 12.4. The third-order valence-corrected chi connectivity index (χ3v) is 6.66. The van der Waals surface area contributed by atoms with Gasteiger partial charge < -0.3 is 26.0 Å². The molecule has 0 bridgehead atoms. The van der Waals surface area contributed by atoms with Crippen LogP contribution in [0.5, 0.6) is 0 Å². The lowest BCUT2D eigenvalue weighted by molar-refractivity contribution is -0.143. The molecule has 1 aromatic rings. The van der Waals surface area contributed by atoms with Gasteiger partial charge in [0.15, 0.2) is 0 Å². The number of hydrogen-bond donors (Lipinski definition) is 3. The fourth-order valence-corrected chi connectivity index (χ4v) is 4.64. The minimum Gasteiger partial charge on any atom is -0.444 e. The first-order valence-electron chi connectivity index (χ1n) is 14.7. The molecule has 226 valence electrons. The van der Waals surface area contributed by atoms with E-state index < -0.39 is 35.6 Å². The first kappa shape index (κ1) is 34.9. The number of hydrogen-bond acceptors (Lipinski definition) is 5. The molecule has 2 atom stereocenters. The molecular formula is C31H52N4O5. The summed E-state index contributed by atoms with van der Waals surface area (Å²) in [6, 6.07) is 3.81. The van der Waals surface area contributed by atoms with Crippen molar-refractivity contribution in [2.24, 2.45) is 5.73 Å². The lowest BCUT2D eigenvalue weighted by Crippen LogP contribution is -2.53. The first-order chi connectivity index (χ1) is 18.8. The molecule has 0 saturated carbocycles. The zero-order chi connectivity index (χ0) is 30.3. The summed E-state index contributed by atoms with van der Waals surface area (Å²) in [5.41, 5.74) is 7.19. The van der Waals surface area contributed by atoms with E-state index >= 15 is 0 Å². The Morgan fingerprint density at radius 3 is 2.10 bits per heavy atom. The van der Waals surface area contributed by atoms with Gasteiger partial charge in [-0.05, 0) is 70.6 Å². The van der Waals surface area contributed by atoms with Gasteiger partial charge in [-0.15, -0.1) is 0 Å². The van der Waals surface area contributed by atoms with Gasteiger partial charge in [-0.2, -0.15) is 0 Å². The van der Waals surface area contributed by atoms with E-state index in [1.165, 1.54) is 0 Å². The molecule has 1 aromatic carbocycles. The number of carbonyl (C=O) groups excluding carboxylic acids is 4. The van der Waals surface area contributed by atoms with Crippen molar-refractivity contribution in [1.82, 2.24) is 15.5 Å². The summed E-state index contributed by atoms with van der Waals surface area (Å²) in [5, 5.41) is 5.70. The van der Waals surface area contributed by atoms with Crippen molar-refractivity contribution in [1.29, 1.82) is 0 Å². The second kappa shape index (κ2) is 17.6. The van der Waals surface area contributed by atoms with E-state index in [9.17, 15) is 19.2 Å². The van der Waals surface area contributed by atoms with Crippen LogP contribution < -0.4 is 16.4 Å². The molecule has 0 radical (unpaired) electrons. The van der Waals surface area contributed by atoms with Crippen LogP contribution in [0.2, 0.25) is 0 Å². The average Bonchev–Trinajstić information content (AvgIpc) is 2.85. The van der Waals surface area contributed by atoms with E-state index in [-0.39, 0.29) is 18.7 Å². The van der Waals surface area contributed by atoms with Crippen LogP contribution >= 0.6 is 0 Å². The predicted molar refractivity (Wildman–Crippen MR) is 159 cm³/mol. The molecule has 4 amide bonds. The molecule has 0 saturated heterocycles. The number of ether oxygens (including phenoxy) is 1. The van der Waals surface area contributed by atoms with Crippen molar-refractivity contribution >= 4 is 23.8 Å². The van der Waals surface area contributed by atoms with E-state index in [0.717, 1.165) is 55.2 Å². The SMILES string of the molecule is CCCCCCN(C(=O)C(CCC(N)=O)NC(=O)OC(C)(C)C)C(C(=O)NCCCCC)c1c(C)cccc1C. The number of amides is 4. The Morgan fingerprint density at radius 2 is 1.55 bits per heavy atom. The Balaban J connectivity index is 3.55. The van der Waals surface area contributed by atoms with Crippen molar-refractivity contribution in [3.05, 3.63) is 34.9 Å². The third-order valence-electron chi connectivity index (χ3n) is 6.66. The van der Waals surface area contributed by atoms with E-state index in [1.807, 2.05) is 32.0 Å². The van der Waals surface area contributed by atoms with Gasteiger partial charge in [0.2, 0.25) is 17.7 Å². The van der Waals surface area contributed by atoms with Gasteiger partial charge in [0.1, 0.15) is 17.7 Å². The molecule has 0 fully saturated rings. The standard InChI is InChI=1S/C31H52N4O5/c1-8-10-12-14-21-35(29(38)24(18-19-25(32)36)34-30(39)40-31(5,6)7)27(28(37)33-20-13-11-9-2)26-22(3)16-15-17-23(26)4/h15-17,24,27H,8-14,18-21H2,1-7H3,(H2,32,36)(H,33,37)(H,34,39). The molecule has 0 aromatic heterocycles. The Labute approximate surface area is 241 Å². The Morgan fingerprint density at radius 1 is 0.950 bits per heavy atom. The number of nitrogens with one attached hydrogen (secondary N) is 2. The number of nitrogens with zero attached hydrogens (tertiary/aromatic N) is 1. The molecule has 4 N–H and O–H groups in total. The monoisotopic (exact) mass is 560 g/mol. The van der Waals surface area contributed by atoms with E-state index in [0.29, 0.717) is 19.5 Å². The summed E-state index contributed by atoms with van der Waals surface area (Å²) < 4.78 is 5.41. The number of nitrogens with two attached hydrogens (primary N) is 1. The molecule has 0 aliphatic rings. The zero-order valence-corrected chi connectivity index (χ0v) is 25.7. The van der Waals surface area contributed by atoms with Crippen LogP contribution in [-0.4, -0.2) is 53.4 Å². The minimum atomic E-state index is -1.09. The normalized spacial score (nSPS) is 12.8. The zero-order valence-electron chi connectivity index (χ0n) is 25.7. The van der Waals surface area contributed by atoms with E-state index in [1.54, 1.807) is 25.7 Å². The summed E-state index contributed by atoms with van der Waals surface area (Å²) in [4.78, 5) is 54.1. The lowest BCUT2D eigenvalue weighted by Gasteiger charge is -2.36. The quantitative estimate of drug-likeness (QED) is 0.225. The van der Waals surface area contributed by atoms with Gasteiger partial charge in [0.05, 0.1) is 0 Å². The number of carbonyl (C=O) groups is 4. The smallest absolute Gasteiger partial charge is 0.408 e. The summed E-state index contributed by atoms with van der Waals surface area (Å²) in [5.74, 6) is -1.29. The fourth-order valence-electron chi connectivity index (χ4n) is 4.64. The average molecular weight is 561 g/mol. The molecule has 2 unspecified atom stereocenters. The van der Waals surface area contributed by atoms with Crippen LogP contribution in [-0.2, 0) is 19.1 Å². The lowest BCUT2D eigenvalue weighted by atomic mass is 9.93. The molecule has 0 aliphatic heterocycles. The predicted octanol–water partition coefficient (Wildman–Crippen LogP) is 5.22. The maximum atomic E-state index is 14.3. The number of primary amides is 1. The summed E-state index contributed by atoms with van der Waals surface area (Å²) in [6.07, 6.45) is 5.58. The molecule has 0 heterocycles. The molecule has 0 aliphatic carbocycles. The van der Waals surface area contributed by atoms with E-state index in [2.05, 4.69) is 24.5 Å². The largest absolute Gasteiger partial charge is 0.444 e. The highest BCUT2D eigenvalue weighted by Gasteiger charge is 2.37. The van der Waals surface area contributed by atoms with Gasteiger partial charge in [-0.25, -0.2) is 4.79 Å². The highest BCUT2D eigenvalue weighted by Crippen LogP contribution is 2.29. The minimum absolute atomic E-state index is 0.00351. The Kier molecular flexibility index (Phi) is 15.3. The first-order valence-corrected chi connectivity index (χ1v) is 14.7. The van der Waals surface area contributed by atoms with Crippen LogP contribution in [0.4, 0.5) is 4.79 Å². The summed E-state index contributed by atoms with van der Waals surface area (Å²) >= 11 is 0. The molecule has 40 heavy (non-hydrogen) atoms. The number of alkyl carbamates (subject to hydrolysis) is 1. The van der Waals surface area contributed by atoms with Crippen molar-refractivity contribution < 1.29 is 23.9 Å². The number of benzene rings is 1. The van der Waals surface area contributed by atoms with Gasteiger partial charge in [0, 0.05) is 19.5 Å². The molecular weight excluding hydrogens is 508 g/mol. The van der Waals surface area contributed by atoms with Crippen LogP contribution in [0.15, 0.2) is 18.2 Å². The van der Waals surface area contributed by atoms with Crippen molar-refractivity contribution in [2.45, 2.75) is 124 Å². The summed E-state index contributed by atoms with van der Waals surface area (Å²) in [7, 11) is 0. The van der Waals surface area contributed by atoms with Crippen molar-refractivity contribution in [3.8, 4) is 0 Å². The van der Waals surface area contributed by atoms with Crippen LogP contribution in [0.25, 0.3) is 0 Å². The molecule has 0 spiro atoms. The molecule has 1 rings (SSSR count). The maximum Gasteiger partial charge on any atom is 0.408 e. The van der Waals surface area contributed by atoms with Crippen LogP contribution in [0.1, 0.15) is 115 Å². The van der Waals surface area contributed by atoms with E-state index in [4.69, 9.17) is 10.5 Å². The van der Waals surface area contributed by atoms with Gasteiger partial charge in [-0.3, -0.25) is 14.4 Å². The van der Waals surface area contributed by atoms with Gasteiger partial charge in [0.25, 0.3) is 0 Å². The highest BCUT2D eigenvalue weighted by molar-refractivity contribution is 5.93. The molecule has 9 heteroatoms. The molecule has 9 nitrogen and oxygen atoms in total. The van der Waals surface area contributed by atoms with Gasteiger partial charge >= 0.3 is 6.09 Å². The van der Waals surface area contributed by atoms with Crippen molar-refractivity contribution in [2.75, 3.05) is 13.1 Å². The number of rotatable bonds is 17. The topological polar surface area (TPSA) is 131 Å². The Bertz CT molecular complexity index is 953. The highest BCUT2D eigenvalue weighted by atomic mass is 16.6. The Hall–Kier alpha value is -3.10. The van der Waals surface area contributed by atoms with Crippen LogP contribution in [0.3, 0.4) is 0 Å². The van der Waals surface area contributed by atoms with Crippen LogP contribution in [0, 0.1) is 13.8 Å².